The minimum atomic E-state index is -0.397. The van der Waals surface area contributed by atoms with Gasteiger partial charge in [0.15, 0.2) is 5.16 Å². The number of aromatic amines is 1. The lowest BCUT2D eigenvalue weighted by Gasteiger charge is -2.24. The second kappa shape index (κ2) is 5.79. The van der Waals surface area contributed by atoms with Gasteiger partial charge in [-0.2, -0.15) is 0 Å². The number of benzene rings is 2. The molecule has 2 aromatic carbocycles. The lowest BCUT2D eigenvalue weighted by Crippen LogP contribution is -2.33. The molecule has 1 aromatic heterocycles. The van der Waals surface area contributed by atoms with Crippen molar-refractivity contribution in [2.75, 3.05) is 11.6 Å². The van der Waals surface area contributed by atoms with Gasteiger partial charge in [-0.15, -0.1) is 0 Å². The summed E-state index contributed by atoms with van der Waals surface area (Å²) in [6.45, 7) is 0. The van der Waals surface area contributed by atoms with Crippen LogP contribution in [-0.2, 0) is 11.2 Å². The van der Waals surface area contributed by atoms with Gasteiger partial charge in [0, 0.05) is 0 Å². The Labute approximate surface area is 142 Å². The number of aromatic nitrogens is 2. The highest BCUT2D eigenvalue weighted by Crippen LogP contribution is 2.33. The summed E-state index contributed by atoms with van der Waals surface area (Å²) in [5.41, 5.74) is 1.28. The van der Waals surface area contributed by atoms with E-state index in [9.17, 15) is 9.59 Å². The van der Waals surface area contributed by atoms with Crippen molar-refractivity contribution in [3.63, 3.8) is 0 Å². The van der Waals surface area contributed by atoms with Gasteiger partial charge in [-0.3, -0.25) is 9.59 Å². The van der Waals surface area contributed by atoms with Crippen LogP contribution in [0.15, 0.2) is 52.4 Å². The van der Waals surface area contributed by atoms with Crippen LogP contribution >= 0.6 is 11.8 Å². The van der Waals surface area contributed by atoms with E-state index in [1.165, 1.54) is 11.8 Å². The summed E-state index contributed by atoms with van der Waals surface area (Å²) in [5.74, 6) is -0.139. The van der Waals surface area contributed by atoms with Crippen molar-refractivity contribution < 1.29 is 4.79 Å². The summed E-state index contributed by atoms with van der Waals surface area (Å²) in [5, 5.41) is 5.43. The summed E-state index contributed by atoms with van der Waals surface area (Å²) in [7, 11) is 0. The number of amides is 1. The molecule has 5 nitrogen and oxygen atoms in total. The molecule has 120 valence electrons. The molecule has 3 aromatic rings. The minimum Gasteiger partial charge on any atom is -0.310 e. The molecule has 6 heteroatoms. The van der Waals surface area contributed by atoms with Crippen LogP contribution < -0.4 is 10.9 Å². The maximum atomic E-state index is 12.6. The number of nitrogens with one attached hydrogen (secondary N) is 2. The summed E-state index contributed by atoms with van der Waals surface area (Å²) in [6.07, 6.45) is 2.18. The number of thioether (sulfide) groups is 1. The molecular weight excluding hydrogens is 322 g/mol. The second-order valence-corrected chi connectivity index (χ2v) is 6.51. The van der Waals surface area contributed by atoms with Gasteiger partial charge in [-0.25, -0.2) is 4.98 Å². The van der Waals surface area contributed by atoms with Crippen molar-refractivity contribution >= 4 is 34.3 Å². The maximum Gasteiger partial charge on any atom is 0.256 e. The molecule has 0 saturated carbocycles. The molecule has 1 aliphatic heterocycles. The van der Waals surface area contributed by atoms with Crippen molar-refractivity contribution in [2.45, 2.75) is 17.5 Å². The topological polar surface area (TPSA) is 74.8 Å². The van der Waals surface area contributed by atoms with Gasteiger partial charge in [0.2, 0.25) is 5.91 Å². The zero-order valence-corrected chi connectivity index (χ0v) is 13.8. The number of fused-ring (bicyclic) bond motifs is 2. The lowest BCUT2D eigenvalue weighted by atomic mass is 9.86. The van der Waals surface area contributed by atoms with Crippen molar-refractivity contribution in [1.29, 1.82) is 0 Å². The predicted molar refractivity (Wildman–Crippen MR) is 95.7 cm³/mol. The quantitative estimate of drug-likeness (QED) is 0.557. The van der Waals surface area contributed by atoms with E-state index in [2.05, 4.69) is 15.3 Å². The monoisotopic (exact) mass is 337 g/mol. The zero-order valence-electron chi connectivity index (χ0n) is 13.0. The molecule has 4 rings (SSSR count). The largest absolute Gasteiger partial charge is 0.310 e. The predicted octanol–water partition coefficient (Wildman–Crippen LogP) is 2.92. The van der Waals surface area contributed by atoms with Crippen LogP contribution in [0.5, 0.6) is 0 Å². The Kier molecular flexibility index (Phi) is 3.61. The van der Waals surface area contributed by atoms with Crippen LogP contribution in [0.2, 0.25) is 0 Å². The highest BCUT2D eigenvalue weighted by Gasteiger charge is 2.31. The van der Waals surface area contributed by atoms with Gasteiger partial charge in [0.05, 0.1) is 11.5 Å². The Bertz CT molecular complexity index is 1010. The van der Waals surface area contributed by atoms with E-state index < -0.39 is 5.92 Å². The first-order chi connectivity index (χ1) is 11.7. The van der Waals surface area contributed by atoms with E-state index in [4.69, 9.17) is 0 Å². The van der Waals surface area contributed by atoms with Crippen LogP contribution in [0.1, 0.15) is 17.0 Å². The van der Waals surface area contributed by atoms with E-state index in [-0.39, 0.29) is 11.5 Å². The number of rotatable bonds is 2. The van der Waals surface area contributed by atoms with Gasteiger partial charge < -0.3 is 10.3 Å². The lowest BCUT2D eigenvalue weighted by molar-refractivity contribution is -0.117. The molecular formula is C18H15N3O2S. The smallest absolute Gasteiger partial charge is 0.256 e. The minimum absolute atomic E-state index is 0.121. The van der Waals surface area contributed by atoms with Crippen LogP contribution in [0.25, 0.3) is 10.8 Å². The molecule has 1 amide bonds. The Hall–Kier alpha value is -2.60. The highest BCUT2D eigenvalue weighted by atomic mass is 32.2. The third kappa shape index (κ3) is 2.39. The molecule has 0 saturated heterocycles. The van der Waals surface area contributed by atoms with Crippen molar-refractivity contribution in [3.8, 4) is 0 Å². The normalized spacial score (nSPS) is 16.7. The Morgan fingerprint density at radius 1 is 1.12 bits per heavy atom. The first kappa shape index (κ1) is 15.0. The zero-order chi connectivity index (χ0) is 16.7. The van der Waals surface area contributed by atoms with E-state index in [0.717, 1.165) is 16.3 Å². The SMILES string of the molecule is CSc1nc2c(c(=O)[nH]1)CC(c1cccc3ccccc13)C(=O)N2. The van der Waals surface area contributed by atoms with Crippen molar-refractivity contribution in [2.24, 2.45) is 0 Å². The maximum absolute atomic E-state index is 12.6. The fraction of sp³-hybridized carbons (Fsp3) is 0.167. The molecule has 0 aliphatic carbocycles. The Morgan fingerprint density at radius 3 is 2.75 bits per heavy atom. The molecule has 1 unspecified atom stereocenters. The average molecular weight is 337 g/mol. The molecule has 2 N–H and O–H groups in total. The van der Waals surface area contributed by atoms with Crippen molar-refractivity contribution in [1.82, 2.24) is 9.97 Å². The van der Waals surface area contributed by atoms with Gasteiger partial charge >= 0.3 is 0 Å². The second-order valence-electron chi connectivity index (χ2n) is 5.72. The number of anilines is 1. The molecule has 0 radical (unpaired) electrons. The molecule has 0 fully saturated rings. The first-order valence-electron chi connectivity index (χ1n) is 7.63. The van der Waals surface area contributed by atoms with Crippen molar-refractivity contribution in [3.05, 3.63) is 63.9 Å². The third-order valence-electron chi connectivity index (χ3n) is 4.35. The fourth-order valence-electron chi connectivity index (χ4n) is 3.17. The molecule has 1 atom stereocenters. The summed E-state index contributed by atoms with van der Waals surface area (Å²) < 4.78 is 0. The van der Waals surface area contributed by atoms with E-state index in [0.29, 0.717) is 23.0 Å². The van der Waals surface area contributed by atoms with E-state index in [1.807, 2.05) is 48.7 Å². The van der Waals surface area contributed by atoms with Crippen LogP contribution in [0.3, 0.4) is 0 Å². The van der Waals surface area contributed by atoms with Crippen LogP contribution in [0, 0.1) is 0 Å². The van der Waals surface area contributed by atoms with Gasteiger partial charge in [-0.05, 0) is 29.0 Å². The fourth-order valence-corrected chi connectivity index (χ4v) is 3.55. The molecule has 0 bridgehead atoms. The summed E-state index contributed by atoms with van der Waals surface area (Å²) in [6, 6.07) is 13.9. The third-order valence-corrected chi connectivity index (χ3v) is 4.93. The Morgan fingerprint density at radius 2 is 1.92 bits per heavy atom. The van der Waals surface area contributed by atoms with E-state index >= 15 is 0 Å². The van der Waals surface area contributed by atoms with Gasteiger partial charge in [-0.1, -0.05) is 54.2 Å². The highest BCUT2D eigenvalue weighted by molar-refractivity contribution is 7.98. The first-order valence-corrected chi connectivity index (χ1v) is 8.85. The number of carbonyl (C=O) groups is 1. The molecule has 24 heavy (non-hydrogen) atoms. The average Bonchev–Trinajstić information content (AvgIpc) is 2.60. The number of hydrogen-bond donors (Lipinski definition) is 2. The number of hydrogen-bond acceptors (Lipinski definition) is 4. The number of nitrogens with zero attached hydrogens (tertiary/aromatic N) is 1. The number of H-pyrrole nitrogens is 1. The number of carbonyl (C=O) groups excluding carboxylic acids is 1. The molecule has 1 aliphatic rings. The Balaban J connectivity index is 1.83. The van der Waals surface area contributed by atoms with Gasteiger partial charge in [0.1, 0.15) is 5.82 Å². The summed E-state index contributed by atoms with van der Waals surface area (Å²) in [4.78, 5) is 32.0. The van der Waals surface area contributed by atoms with E-state index in [1.54, 1.807) is 0 Å². The van der Waals surface area contributed by atoms with Crippen LogP contribution in [-0.4, -0.2) is 22.1 Å². The standard InChI is InChI=1S/C18H15N3O2S/c1-24-18-20-15-14(17(23)21-18)9-13(16(22)19-15)12-8-4-6-10-5-2-3-7-11(10)12/h2-8,13H,9H2,1H3,(H2,19,20,21,22,23). The van der Waals surface area contributed by atoms with Crippen LogP contribution in [0.4, 0.5) is 5.82 Å². The molecule has 0 spiro atoms. The molecule has 2 heterocycles. The summed E-state index contributed by atoms with van der Waals surface area (Å²) >= 11 is 1.34. The van der Waals surface area contributed by atoms with Gasteiger partial charge in [0.25, 0.3) is 5.56 Å².